The number of hydrogen-bond donors (Lipinski definition) is 2. The molecule has 2 aliphatic rings. The molecule has 1 aliphatic heterocycles. The van der Waals surface area contributed by atoms with Crippen LogP contribution in [0.3, 0.4) is 0 Å². The van der Waals surface area contributed by atoms with Crippen molar-refractivity contribution in [2.24, 2.45) is 5.92 Å². The molecule has 0 aromatic rings. The van der Waals surface area contributed by atoms with Gasteiger partial charge >= 0.3 is 5.97 Å². The average Bonchev–Trinajstić information content (AvgIpc) is 2.55. The zero-order valence-corrected chi connectivity index (χ0v) is 15.1. The Labute approximate surface area is 143 Å². The SMILES string of the molecule is CCCS(=O)(=O)N1CCCC(C(=O)NC2(C(=O)O)CCCCC2)C1. The summed E-state index contributed by atoms with van der Waals surface area (Å²) in [4.78, 5) is 24.3. The summed E-state index contributed by atoms with van der Waals surface area (Å²) in [6.45, 7) is 2.41. The minimum Gasteiger partial charge on any atom is -0.480 e. The second-order valence-electron chi connectivity index (χ2n) is 6.95. The molecule has 1 saturated heterocycles. The molecule has 1 heterocycles. The summed E-state index contributed by atoms with van der Waals surface area (Å²) in [5, 5.41) is 12.3. The average molecular weight is 360 g/mol. The van der Waals surface area contributed by atoms with Gasteiger partial charge in [0.25, 0.3) is 0 Å². The maximum Gasteiger partial charge on any atom is 0.329 e. The molecular formula is C16H28N2O5S. The van der Waals surface area contributed by atoms with E-state index in [4.69, 9.17) is 0 Å². The zero-order chi connectivity index (χ0) is 17.8. The Morgan fingerprint density at radius 2 is 1.88 bits per heavy atom. The maximum atomic E-state index is 12.6. The van der Waals surface area contributed by atoms with Crippen LogP contribution in [0.15, 0.2) is 0 Å². The summed E-state index contributed by atoms with van der Waals surface area (Å²) in [5.74, 6) is -1.69. The lowest BCUT2D eigenvalue weighted by molar-refractivity contribution is -0.150. The number of sulfonamides is 1. The van der Waals surface area contributed by atoms with E-state index in [0.29, 0.717) is 38.6 Å². The first kappa shape index (κ1) is 19.2. The molecular weight excluding hydrogens is 332 g/mol. The van der Waals surface area contributed by atoms with Gasteiger partial charge in [0.15, 0.2) is 0 Å². The van der Waals surface area contributed by atoms with Crippen molar-refractivity contribution in [3.05, 3.63) is 0 Å². The van der Waals surface area contributed by atoms with E-state index in [9.17, 15) is 23.1 Å². The van der Waals surface area contributed by atoms with Crippen molar-refractivity contribution >= 4 is 21.9 Å². The Kier molecular flexibility index (Phi) is 6.25. The third-order valence-corrected chi connectivity index (χ3v) is 7.13. The van der Waals surface area contributed by atoms with E-state index in [2.05, 4.69) is 5.32 Å². The molecule has 1 unspecified atom stereocenters. The largest absolute Gasteiger partial charge is 0.480 e. The molecule has 2 fully saturated rings. The first-order chi connectivity index (χ1) is 11.3. The lowest BCUT2D eigenvalue weighted by Gasteiger charge is -2.37. The van der Waals surface area contributed by atoms with Crippen molar-refractivity contribution in [2.75, 3.05) is 18.8 Å². The van der Waals surface area contributed by atoms with Crippen molar-refractivity contribution in [3.63, 3.8) is 0 Å². The molecule has 1 aliphatic carbocycles. The van der Waals surface area contributed by atoms with Gasteiger partial charge in [-0.3, -0.25) is 4.79 Å². The number of nitrogens with zero attached hydrogens (tertiary/aromatic N) is 1. The molecule has 2 rings (SSSR count). The monoisotopic (exact) mass is 360 g/mol. The third-order valence-electron chi connectivity index (χ3n) is 5.09. The van der Waals surface area contributed by atoms with E-state index in [-0.39, 0.29) is 18.2 Å². The van der Waals surface area contributed by atoms with Crippen LogP contribution in [-0.2, 0) is 19.6 Å². The molecule has 0 radical (unpaired) electrons. The summed E-state index contributed by atoms with van der Waals surface area (Å²) >= 11 is 0. The van der Waals surface area contributed by atoms with Gasteiger partial charge in [-0.15, -0.1) is 0 Å². The second kappa shape index (κ2) is 7.82. The summed E-state index contributed by atoms with van der Waals surface area (Å²) in [5.41, 5.74) is -1.18. The van der Waals surface area contributed by atoms with Crippen molar-refractivity contribution in [2.45, 2.75) is 63.8 Å². The van der Waals surface area contributed by atoms with Crippen molar-refractivity contribution in [1.29, 1.82) is 0 Å². The summed E-state index contributed by atoms with van der Waals surface area (Å²) in [7, 11) is -3.33. The van der Waals surface area contributed by atoms with Gasteiger partial charge in [0.05, 0.1) is 11.7 Å². The molecule has 0 aromatic heterocycles. The second-order valence-corrected chi connectivity index (χ2v) is 9.04. The number of carbonyl (C=O) groups excluding carboxylic acids is 1. The van der Waals surface area contributed by atoms with Crippen molar-refractivity contribution in [3.8, 4) is 0 Å². The number of amides is 1. The highest BCUT2D eigenvalue weighted by Gasteiger charge is 2.43. The fraction of sp³-hybridized carbons (Fsp3) is 0.875. The number of carbonyl (C=O) groups is 2. The van der Waals surface area contributed by atoms with Gasteiger partial charge in [0.2, 0.25) is 15.9 Å². The Balaban J connectivity index is 2.04. The van der Waals surface area contributed by atoms with E-state index in [0.717, 1.165) is 19.3 Å². The normalized spacial score (nSPS) is 25.1. The fourth-order valence-electron chi connectivity index (χ4n) is 3.68. The molecule has 0 bridgehead atoms. The smallest absolute Gasteiger partial charge is 0.329 e. The number of carboxylic acid groups (broad SMARTS) is 1. The molecule has 1 saturated carbocycles. The number of hydrogen-bond acceptors (Lipinski definition) is 4. The summed E-state index contributed by atoms with van der Waals surface area (Å²) < 4.78 is 25.8. The maximum absolute atomic E-state index is 12.6. The molecule has 7 nitrogen and oxygen atoms in total. The van der Waals surface area contributed by atoms with Gasteiger partial charge in [-0.1, -0.05) is 26.2 Å². The fourth-order valence-corrected chi connectivity index (χ4v) is 5.27. The quantitative estimate of drug-likeness (QED) is 0.744. The predicted molar refractivity (Wildman–Crippen MR) is 90.0 cm³/mol. The lowest BCUT2D eigenvalue weighted by atomic mass is 9.81. The molecule has 1 amide bonds. The number of rotatable bonds is 6. The topological polar surface area (TPSA) is 104 Å². The van der Waals surface area contributed by atoms with Crippen LogP contribution < -0.4 is 5.32 Å². The van der Waals surface area contributed by atoms with Crippen molar-refractivity contribution < 1.29 is 23.1 Å². The zero-order valence-electron chi connectivity index (χ0n) is 14.3. The molecule has 1 atom stereocenters. The van der Waals surface area contributed by atoms with E-state index < -0.39 is 27.4 Å². The number of nitrogens with one attached hydrogen (secondary N) is 1. The van der Waals surface area contributed by atoms with Crippen LogP contribution in [0.5, 0.6) is 0 Å². The van der Waals surface area contributed by atoms with Gasteiger partial charge < -0.3 is 10.4 Å². The van der Waals surface area contributed by atoms with E-state index in [1.165, 1.54) is 4.31 Å². The Morgan fingerprint density at radius 1 is 1.21 bits per heavy atom. The van der Waals surface area contributed by atoms with Crippen LogP contribution in [-0.4, -0.2) is 54.1 Å². The molecule has 2 N–H and O–H groups in total. The highest BCUT2D eigenvalue weighted by molar-refractivity contribution is 7.89. The van der Waals surface area contributed by atoms with Crippen molar-refractivity contribution in [1.82, 2.24) is 9.62 Å². The Hall–Kier alpha value is -1.15. The van der Waals surface area contributed by atoms with Gasteiger partial charge in [0, 0.05) is 13.1 Å². The van der Waals surface area contributed by atoms with Gasteiger partial charge in [-0.05, 0) is 32.1 Å². The lowest BCUT2D eigenvalue weighted by Crippen LogP contribution is -2.58. The number of carboxylic acids is 1. The van der Waals surface area contributed by atoms with Crippen LogP contribution in [0.1, 0.15) is 58.3 Å². The van der Waals surface area contributed by atoms with Gasteiger partial charge in [-0.25, -0.2) is 17.5 Å². The number of piperidine rings is 1. The van der Waals surface area contributed by atoms with Gasteiger partial charge in [0.1, 0.15) is 5.54 Å². The molecule has 0 aromatic carbocycles. The molecule has 138 valence electrons. The standard InChI is InChI=1S/C16H28N2O5S/c1-2-11-24(22,23)18-10-6-7-13(12-18)14(19)17-16(15(20)21)8-4-3-5-9-16/h13H,2-12H2,1H3,(H,17,19)(H,20,21). The Bertz CT molecular complexity index is 569. The van der Waals surface area contributed by atoms with Crippen LogP contribution >= 0.6 is 0 Å². The predicted octanol–water partition coefficient (Wildman–Crippen LogP) is 1.34. The minimum absolute atomic E-state index is 0.0837. The highest BCUT2D eigenvalue weighted by Crippen LogP contribution is 2.30. The highest BCUT2D eigenvalue weighted by atomic mass is 32.2. The first-order valence-corrected chi connectivity index (χ1v) is 10.4. The van der Waals surface area contributed by atoms with E-state index in [1.807, 2.05) is 6.92 Å². The van der Waals surface area contributed by atoms with Crippen LogP contribution in [0.4, 0.5) is 0 Å². The molecule has 24 heavy (non-hydrogen) atoms. The third kappa shape index (κ3) is 4.27. The minimum atomic E-state index is -3.33. The van der Waals surface area contributed by atoms with Crippen LogP contribution in [0, 0.1) is 5.92 Å². The van der Waals surface area contributed by atoms with E-state index in [1.54, 1.807) is 0 Å². The Morgan fingerprint density at radius 3 is 2.46 bits per heavy atom. The summed E-state index contributed by atoms with van der Waals surface area (Å²) in [6, 6.07) is 0. The summed E-state index contributed by atoms with van der Waals surface area (Å²) in [6.07, 6.45) is 5.20. The van der Waals surface area contributed by atoms with Crippen LogP contribution in [0.25, 0.3) is 0 Å². The molecule has 8 heteroatoms. The number of aliphatic carboxylic acids is 1. The van der Waals surface area contributed by atoms with Gasteiger partial charge in [-0.2, -0.15) is 0 Å². The first-order valence-electron chi connectivity index (χ1n) is 8.84. The molecule has 0 spiro atoms. The van der Waals surface area contributed by atoms with Crippen LogP contribution in [0.2, 0.25) is 0 Å². The van der Waals surface area contributed by atoms with E-state index >= 15 is 0 Å².